The highest BCUT2D eigenvalue weighted by Crippen LogP contribution is 2.56. The molecule has 0 N–H and O–H groups in total. The maximum atomic E-state index is 4.47. The fraction of sp³-hybridized carbons (Fsp3) is 0. The van der Waals surface area contributed by atoms with E-state index in [1.807, 2.05) is 18.5 Å². The zero-order chi connectivity index (χ0) is 22.5. The molecule has 0 atom stereocenters. The maximum Gasteiger partial charge on any atom is 0.0346 e. The molecule has 6 aromatic rings. The summed E-state index contributed by atoms with van der Waals surface area (Å²) in [5.74, 6) is 0. The standard InChI is InChI=1S/C33H21N/c1-3-10-22(11-4-1)28-20-29(25-16-9-19-34-21-25)31(24-12-5-2-6-13-24)33-27-18-8-15-23-14-7-17-26(30(23)27)32(28)33/h1-21H. The van der Waals surface area contributed by atoms with Crippen LogP contribution in [0.1, 0.15) is 0 Å². The zero-order valence-corrected chi connectivity index (χ0v) is 18.6. The molecule has 7 rings (SSSR count). The van der Waals surface area contributed by atoms with E-state index in [-0.39, 0.29) is 0 Å². The van der Waals surface area contributed by atoms with E-state index in [1.165, 1.54) is 60.8 Å². The van der Waals surface area contributed by atoms with E-state index < -0.39 is 0 Å². The van der Waals surface area contributed by atoms with Gasteiger partial charge in [-0.15, -0.1) is 0 Å². The molecule has 0 fully saturated rings. The highest BCUT2D eigenvalue weighted by Gasteiger charge is 2.29. The number of rotatable bonds is 3. The van der Waals surface area contributed by atoms with Crippen LogP contribution in [-0.2, 0) is 0 Å². The van der Waals surface area contributed by atoms with Crippen molar-refractivity contribution in [2.75, 3.05) is 0 Å². The molecule has 158 valence electrons. The van der Waals surface area contributed by atoms with Crippen molar-refractivity contribution in [2.45, 2.75) is 0 Å². The molecule has 0 saturated carbocycles. The summed E-state index contributed by atoms with van der Waals surface area (Å²) in [6, 6.07) is 41.5. The van der Waals surface area contributed by atoms with Gasteiger partial charge in [-0.3, -0.25) is 4.98 Å². The SMILES string of the molecule is c1ccc(-c2cc(-c3cccnc3)c(-c3ccccc3)c3c2-c2cccc4cccc-3c24)cc1. The fourth-order valence-corrected chi connectivity index (χ4v) is 5.49. The number of nitrogens with zero attached hydrogens (tertiary/aromatic N) is 1. The lowest BCUT2D eigenvalue weighted by molar-refractivity contribution is 1.33. The third-order valence-electron chi connectivity index (χ3n) is 6.89. The molecule has 0 saturated heterocycles. The van der Waals surface area contributed by atoms with Gasteiger partial charge in [-0.05, 0) is 73.0 Å². The second kappa shape index (κ2) is 7.54. The number of hydrogen-bond acceptors (Lipinski definition) is 1. The van der Waals surface area contributed by atoms with Crippen molar-refractivity contribution < 1.29 is 0 Å². The number of benzene rings is 5. The Morgan fingerprint density at radius 3 is 1.71 bits per heavy atom. The molecule has 1 aliphatic rings. The Bertz CT molecular complexity index is 1660. The van der Waals surface area contributed by atoms with E-state index >= 15 is 0 Å². The van der Waals surface area contributed by atoms with Gasteiger partial charge < -0.3 is 0 Å². The van der Waals surface area contributed by atoms with Gasteiger partial charge >= 0.3 is 0 Å². The minimum absolute atomic E-state index is 1.13. The quantitative estimate of drug-likeness (QED) is 0.272. The van der Waals surface area contributed by atoms with Gasteiger partial charge in [0.05, 0.1) is 0 Å². The van der Waals surface area contributed by atoms with Gasteiger partial charge in [0.25, 0.3) is 0 Å². The van der Waals surface area contributed by atoms with Crippen LogP contribution >= 0.6 is 0 Å². The molecule has 0 amide bonds. The van der Waals surface area contributed by atoms with Gasteiger partial charge in [0.15, 0.2) is 0 Å². The van der Waals surface area contributed by atoms with Gasteiger partial charge in [-0.25, -0.2) is 0 Å². The smallest absolute Gasteiger partial charge is 0.0346 e. The van der Waals surface area contributed by atoms with Crippen molar-refractivity contribution in [1.82, 2.24) is 4.98 Å². The Kier molecular flexibility index (Phi) is 4.22. The molecule has 0 aliphatic heterocycles. The first-order chi connectivity index (χ1) is 16.9. The summed E-state index contributed by atoms with van der Waals surface area (Å²) in [7, 11) is 0. The van der Waals surface area contributed by atoms with E-state index in [9.17, 15) is 0 Å². The van der Waals surface area contributed by atoms with E-state index in [4.69, 9.17) is 0 Å². The van der Waals surface area contributed by atoms with Crippen LogP contribution in [0.4, 0.5) is 0 Å². The van der Waals surface area contributed by atoms with Crippen molar-refractivity contribution in [3.63, 3.8) is 0 Å². The summed E-state index contributed by atoms with van der Waals surface area (Å²) in [5.41, 5.74) is 12.6. The topological polar surface area (TPSA) is 12.9 Å². The highest BCUT2D eigenvalue weighted by atomic mass is 14.6. The molecular weight excluding hydrogens is 410 g/mol. The van der Waals surface area contributed by atoms with Crippen molar-refractivity contribution >= 4 is 10.8 Å². The Morgan fingerprint density at radius 2 is 1.03 bits per heavy atom. The van der Waals surface area contributed by atoms with Crippen molar-refractivity contribution in [1.29, 1.82) is 0 Å². The molecule has 34 heavy (non-hydrogen) atoms. The van der Waals surface area contributed by atoms with Crippen molar-refractivity contribution in [3.8, 4) is 55.6 Å². The fourth-order valence-electron chi connectivity index (χ4n) is 5.49. The molecule has 1 nitrogen and oxygen atoms in total. The minimum Gasteiger partial charge on any atom is -0.264 e. The Balaban J connectivity index is 1.71. The third kappa shape index (κ3) is 2.77. The summed E-state index contributed by atoms with van der Waals surface area (Å²) in [4.78, 5) is 4.47. The number of pyridine rings is 1. The lowest BCUT2D eigenvalue weighted by atomic mass is 9.82. The number of hydrogen-bond donors (Lipinski definition) is 0. The molecule has 5 aromatic carbocycles. The summed E-state index contributed by atoms with van der Waals surface area (Å²) in [6.07, 6.45) is 3.82. The average molecular weight is 432 g/mol. The lowest BCUT2D eigenvalue weighted by Gasteiger charge is -2.20. The first-order valence-corrected chi connectivity index (χ1v) is 11.6. The van der Waals surface area contributed by atoms with Crippen LogP contribution < -0.4 is 0 Å². The van der Waals surface area contributed by atoms with Crippen LogP contribution in [0, 0.1) is 0 Å². The van der Waals surface area contributed by atoms with Crippen LogP contribution in [0.3, 0.4) is 0 Å². The lowest BCUT2D eigenvalue weighted by Crippen LogP contribution is -1.94. The second-order valence-electron chi connectivity index (χ2n) is 8.78. The minimum atomic E-state index is 1.13. The monoisotopic (exact) mass is 431 g/mol. The second-order valence-corrected chi connectivity index (χ2v) is 8.78. The van der Waals surface area contributed by atoms with Gasteiger partial charge in [-0.1, -0.05) is 103 Å². The molecule has 0 spiro atoms. The van der Waals surface area contributed by atoms with Crippen LogP contribution in [-0.4, -0.2) is 4.98 Å². The van der Waals surface area contributed by atoms with Crippen LogP contribution in [0.2, 0.25) is 0 Å². The average Bonchev–Trinajstić information content (AvgIpc) is 3.26. The van der Waals surface area contributed by atoms with Gasteiger partial charge in [0, 0.05) is 18.0 Å². The molecule has 1 heteroatoms. The Morgan fingerprint density at radius 1 is 0.412 bits per heavy atom. The predicted octanol–water partition coefficient (Wildman–Crippen LogP) is 8.88. The van der Waals surface area contributed by atoms with Gasteiger partial charge in [-0.2, -0.15) is 0 Å². The van der Waals surface area contributed by atoms with Gasteiger partial charge in [0.1, 0.15) is 0 Å². The molecule has 1 aromatic heterocycles. The van der Waals surface area contributed by atoms with Gasteiger partial charge in [0.2, 0.25) is 0 Å². The molecular formula is C33H21N. The van der Waals surface area contributed by atoms with E-state index in [0.717, 1.165) is 5.56 Å². The molecule has 0 unspecified atom stereocenters. The normalized spacial score (nSPS) is 11.5. The van der Waals surface area contributed by atoms with Crippen LogP contribution in [0.5, 0.6) is 0 Å². The maximum absolute atomic E-state index is 4.47. The van der Waals surface area contributed by atoms with Crippen molar-refractivity contribution in [2.24, 2.45) is 0 Å². The number of aromatic nitrogens is 1. The van der Waals surface area contributed by atoms with Crippen LogP contribution in [0.15, 0.2) is 128 Å². The predicted molar refractivity (Wildman–Crippen MR) is 142 cm³/mol. The Labute approximate surface area is 199 Å². The van der Waals surface area contributed by atoms with E-state index in [2.05, 4.69) is 114 Å². The zero-order valence-electron chi connectivity index (χ0n) is 18.6. The van der Waals surface area contributed by atoms with Crippen molar-refractivity contribution in [3.05, 3.63) is 128 Å². The summed E-state index contributed by atoms with van der Waals surface area (Å²) < 4.78 is 0. The summed E-state index contributed by atoms with van der Waals surface area (Å²) in [5, 5.41) is 2.63. The molecule has 0 radical (unpaired) electrons. The largest absolute Gasteiger partial charge is 0.264 e. The first-order valence-electron chi connectivity index (χ1n) is 11.6. The molecule has 0 bridgehead atoms. The van der Waals surface area contributed by atoms with Crippen LogP contribution in [0.25, 0.3) is 66.4 Å². The molecule has 1 heterocycles. The summed E-state index contributed by atoms with van der Waals surface area (Å²) >= 11 is 0. The molecule has 1 aliphatic carbocycles. The third-order valence-corrected chi connectivity index (χ3v) is 6.89. The highest BCUT2D eigenvalue weighted by molar-refractivity contribution is 6.22. The summed E-state index contributed by atoms with van der Waals surface area (Å²) in [6.45, 7) is 0. The van der Waals surface area contributed by atoms with E-state index in [0.29, 0.717) is 0 Å². The van der Waals surface area contributed by atoms with E-state index in [1.54, 1.807) is 0 Å². The first kappa shape index (κ1) is 19.0. The Hall–Kier alpha value is -4.49. The number of fused-ring (bicyclic) bond motifs is 3.